The summed E-state index contributed by atoms with van der Waals surface area (Å²) < 4.78 is 12.1. The van der Waals surface area contributed by atoms with Crippen LogP contribution in [0.2, 0.25) is 0 Å². The first-order chi connectivity index (χ1) is 19.3. The smallest absolute Gasteiger partial charge is 0.230 e. The van der Waals surface area contributed by atoms with Crippen molar-refractivity contribution in [3.63, 3.8) is 0 Å². The Hall–Kier alpha value is -4.46. The van der Waals surface area contributed by atoms with Gasteiger partial charge in [0.05, 0.1) is 11.9 Å². The maximum atomic E-state index is 12.4. The lowest BCUT2D eigenvalue weighted by Crippen LogP contribution is -2.36. The van der Waals surface area contributed by atoms with E-state index in [1.165, 1.54) is 0 Å². The van der Waals surface area contributed by atoms with Crippen LogP contribution in [-0.2, 0) is 14.4 Å². The minimum absolute atomic E-state index is 0.161. The predicted octanol–water partition coefficient (Wildman–Crippen LogP) is 5.27. The Morgan fingerprint density at radius 1 is 1.00 bits per heavy atom. The van der Waals surface area contributed by atoms with Crippen molar-refractivity contribution < 1.29 is 23.5 Å². The zero-order chi connectivity index (χ0) is 28.4. The zero-order valence-corrected chi connectivity index (χ0v) is 23.3. The molecule has 206 valence electrons. The van der Waals surface area contributed by atoms with Crippen LogP contribution < -0.4 is 15.4 Å². The van der Waals surface area contributed by atoms with Crippen molar-refractivity contribution in [3.05, 3.63) is 65.0 Å². The SMILES string of the molecule is CCN=c1cc2oc3cc(NCC)c(C)cc3c(-c3ccc(OCC(=O)CN4C(=O)CCC4=O)cc3)c-2cc1C. The van der Waals surface area contributed by atoms with Gasteiger partial charge in [0, 0.05) is 60.3 Å². The number of likely N-dealkylation sites (tertiary alicyclic amines) is 1. The Morgan fingerprint density at radius 2 is 1.73 bits per heavy atom. The van der Waals surface area contributed by atoms with Crippen LogP contribution in [0, 0.1) is 13.8 Å². The number of ketones is 1. The van der Waals surface area contributed by atoms with Gasteiger partial charge >= 0.3 is 0 Å². The number of rotatable bonds is 9. The lowest BCUT2D eigenvalue weighted by atomic mass is 9.91. The van der Waals surface area contributed by atoms with Crippen LogP contribution in [0.5, 0.6) is 5.75 Å². The number of imide groups is 1. The van der Waals surface area contributed by atoms with Gasteiger partial charge in [0.1, 0.15) is 23.7 Å². The Morgan fingerprint density at radius 3 is 2.40 bits per heavy atom. The first-order valence-electron chi connectivity index (χ1n) is 13.6. The van der Waals surface area contributed by atoms with Crippen molar-refractivity contribution in [3.8, 4) is 28.2 Å². The van der Waals surface area contributed by atoms with Gasteiger partial charge in [-0.25, -0.2) is 0 Å². The van der Waals surface area contributed by atoms with E-state index in [9.17, 15) is 14.4 Å². The van der Waals surface area contributed by atoms with Gasteiger partial charge in [0.2, 0.25) is 11.8 Å². The van der Waals surface area contributed by atoms with Crippen LogP contribution in [-0.4, -0.2) is 48.7 Å². The van der Waals surface area contributed by atoms with Crippen LogP contribution in [0.1, 0.15) is 37.8 Å². The van der Waals surface area contributed by atoms with Crippen LogP contribution in [0.3, 0.4) is 0 Å². The van der Waals surface area contributed by atoms with Gasteiger partial charge in [0.15, 0.2) is 5.78 Å². The molecular formula is C32H33N3O5. The second-order valence-electron chi connectivity index (χ2n) is 10.0. The fourth-order valence-electron chi connectivity index (χ4n) is 5.12. The van der Waals surface area contributed by atoms with Crippen molar-refractivity contribution in [2.75, 3.05) is 31.6 Å². The van der Waals surface area contributed by atoms with Crippen molar-refractivity contribution in [1.29, 1.82) is 0 Å². The number of benzene rings is 3. The van der Waals surface area contributed by atoms with E-state index in [-0.39, 0.29) is 43.6 Å². The molecule has 8 nitrogen and oxygen atoms in total. The van der Waals surface area contributed by atoms with Gasteiger partial charge in [0.25, 0.3) is 0 Å². The van der Waals surface area contributed by atoms with Gasteiger partial charge in [-0.05, 0) is 68.7 Å². The normalized spacial score (nSPS) is 14.0. The van der Waals surface area contributed by atoms with Crippen molar-refractivity contribution in [1.82, 2.24) is 4.90 Å². The lowest BCUT2D eigenvalue weighted by Gasteiger charge is -2.18. The van der Waals surface area contributed by atoms with Crippen molar-refractivity contribution >= 4 is 34.3 Å². The van der Waals surface area contributed by atoms with Crippen LogP contribution >= 0.6 is 0 Å². The maximum Gasteiger partial charge on any atom is 0.230 e. The zero-order valence-electron chi connectivity index (χ0n) is 23.3. The molecule has 0 radical (unpaired) electrons. The molecule has 2 amide bonds. The van der Waals surface area contributed by atoms with Gasteiger partial charge in [-0.3, -0.25) is 24.3 Å². The van der Waals surface area contributed by atoms with E-state index in [0.717, 1.165) is 67.0 Å². The fourth-order valence-corrected chi connectivity index (χ4v) is 5.12. The molecular weight excluding hydrogens is 506 g/mol. The summed E-state index contributed by atoms with van der Waals surface area (Å²) in [5.74, 6) is 0.329. The summed E-state index contributed by atoms with van der Waals surface area (Å²) in [5.41, 5.74) is 7.00. The molecule has 0 aromatic heterocycles. The van der Waals surface area contributed by atoms with E-state index in [2.05, 4.69) is 43.2 Å². The highest BCUT2D eigenvalue weighted by molar-refractivity contribution is 6.05. The molecule has 8 heteroatoms. The quantitative estimate of drug-likeness (QED) is 0.230. The monoisotopic (exact) mass is 539 g/mol. The van der Waals surface area contributed by atoms with E-state index in [4.69, 9.17) is 9.15 Å². The molecule has 0 atom stereocenters. The second kappa shape index (κ2) is 11.3. The molecule has 1 saturated heterocycles. The van der Waals surface area contributed by atoms with Crippen LogP contribution in [0.15, 0.2) is 57.9 Å². The van der Waals surface area contributed by atoms with Crippen LogP contribution in [0.4, 0.5) is 5.69 Å². The number of anilines is 1. The highest BCUT2D eigenvalue weighted by Gasteiger charge is 2.30. The molecule has 3 aliphatic rings. The molecule has 0 saturated carbocycles. The lowest BCUT2D eigenvalue weighted by molar-refractivity contribution is -0.142. The molecule has 1 aliphatic carbocycles. The van der Waals surface area contributed by atoms with E-state index < -0.39 is 0 Å². The molecule has 0 spiro atoms. The minimum atomic E-state index is -0.329. The van der Waals surface area contributed by atoms with Gasteiger partial charge in [-0.1, -0.05) is 12.1 Å². The summed E-state index contributed by atoms with van der Waals surface area (Å²) in [7, 11) is 0. The van der Waals surface area contributed by atoms with E-state index in [1.54, 1.807) is 0 Å². The molecule has 0 bridgehead atoms. The number of hydrogen-bond acceptors (Lipinski definition) is 7. The highest BCUT2D eigenvalue weighted by Crippen LogP contribution is 2.42. The van der Waals surface area contributed by atoms with E-state index in [1.807, 2.05) is 43.3 Å². The van der Waals surface area contributed by atoms with Crippen molar-refractivity contribution in [2.24, 2.45) is 4.99 Å². The number of nitrogens with zero attached hydrogens (tertiary/aromatic N) is 2. The molecule has 2 aromatic rings. The molecule has 0 unspecified atom stereocenters. The topological polar surface area (TPSA) is 101 Å². The third-order valence-corrected chi connectivity index (χ3v) is 7.11. The summed E-state index contributed by atoms with van der Waals surface area (Å²) in [5, 5.41) is 5.32. The fraction of sp³-hybridized carbons (Fsp3) is 0.312. The number of nitrogens with one attached hydrogen (secondary N) is 1. The summed E-state index contributed by atoms with van der Waals surface area (Å²) in [6.45, 7) is 9.24. The largest absolute Gasteiger partial charge is 0.486 e. The average molecular weight is 540 g/mol. The highest BCUT2D eigenvalue weighted by atomic mass is 16.5. The standard InChI is InChI=1S/C32H33N3O5/c1-5-33-26-15-28-24(13-19(26)3)32(25-14-20(4)27(34-6-2)16-29(25)40-28)21-7-9-23(10-8-21)39-18-22(36)17-35-30(37)11-12-31(35)38/h7-10,13-16,33H,5-6,11-12,17-18H2,1-4H3. The Bertz CT molecular complexity index is 1640. The number of ether oxygens (including phenoxy) is 1. The molecule has 2 aliphatic heterocycles. The molecule has 40 heavy (non-hydrogen) atoms. The first-order valence-corrected chi connectivity index (χ1v) is 13.6. The van der Waals surface area contributed by atoms with Crippen molar-refractivity contribution in [2.45, 2.75) is 40.5 Å². The summed E-state index contributed by atoms with van der Waals surface area (Å²) >= 11 is 0. The number of carbonyl (C=O) groups is 3. The van der Waals surface area contributed by atoms with Crippen LogP contribution in [0.25, 0.3) is 33.4 Å². The van der Waals surface area contributed by atoms with E-state index >= 15 is 0 Å². The molecule has 2 aromatic carbocycles. The maximum absolute atomic E-state index is 12.4. The van der Waals surface area contributed by atoms with Gasteiger partial charge in [-0.2, -0.15) is 0 Å². The summed E-state index contributed by atoms with van der Waals surface area (Å²) in [6, 6.07) is 15.9. The second-order valence-corrected chi connectivity index (χ2v) is 10.0. The third kappa shape index (κ3) is 5.34. The number of amides is 2. The molecule has 1 N–H and O–H groups in total. The average Bonchev–Trinajstić information content (AvgIpc) is 3.25. The Balaban J connectivity index is 1.50. The third-order valence-electron chi connectivity index (χ3n) is 7.11. The Labute approximate surface area is 233 Å². The number of carbonyl (C=O) groups excluding carboxylic acids is 3. The predicted molar refractivity (Wildman–Crippen MR) is 154 cm³/mol. The Kier molecular flexibility index (Phi) is 7.69. The number of Topliss-reactive ketones (excluding diaryl/α,β-unsaturated/α-hetero) is 1. The number of fused-ring (bicyclic) bond motifs is 2. The molecule has 1 fully saturated rings. The van der Waals surface area contributed by atoms with E-state index in [0.29, 0.717) is 12.3 Å². The number of aryl methyl sites for hydroxylation is 2. The van der Waals surface area contributed by atoms with Gasteiger partial charge < -0.3 is 14.5 Å². The first kappa shape index (κ1) is 27.1. The van der Waals surface area contributed by atoms with Gasteiger partial charge in [-0.15, -0.1) is 0 Å². The number of hydrogen-bond donors (Lipinski definition) is 1. The molecule has 5 rings (SSSR count). The molecule has 2 heterocycles. The minimum Gasteiger partial charge on any atom is -0.486 e. The summed E-state index contributed by atoms with van der Waals surface area (Å²) in [6.07, 6.45) is 0.323. The summed E-state index contributed by atoms with van der Waals surface area (Å²) in [4.78, 5) is 41.6.